The van der Waals surface area contributed by atoms with E-state index in [1.54, 1.807) is 6.07 Å². The second kappa shape index (κ2) is 8.23. The SMILES string of the molecule is CCC(NCCN(C)C(C)CC)c1ccc(F)cn1. The first kappa shape index (κ1) is 16.1. The standard InChI is InChI=1S/C15H26FN3/c1-5-12(3)19(4)10-9-17-14(6-2)15-8-7-13(16)11-18-15/h7-8,11-12,14,17H,5-6,9-10H2,1-4H3. The predicted molar refractivity (Wildman–Crippen MR) is 77.6 cm³/mol. The number of nitrogens with zero attached hydrogens (tertiary/aromatic N) is 2. The van der Waals surface area contributed by atoms with Crippen LogP contribution in [0.15, 0.2) is 18.3 Å². The van der Waals surface area contributed by atoms with Crippen LogP contribution in [0.3, 0.4) is 0 Å². The Morgan fingerprint density at radius 3 is 2.58 bits per heavy atom. The summed E-state index contributed by atoms with van der Waals surface area (Å²) in [6.45, 7) is 8.47. The van der Waals surface area contributed by atoms with E-state index >= 15 is 0 Å². The molecule has 4 heteroatoms. The fourth-order valence-corrected chi connectivity index (χ4v) is 2.00. The van der Waals surface area contributed by atoms with Crippen molar-refractivity contribution in [3.63, 3.8) is 0 Å². The van der Waals surface area contributed by atoms with E-state index < -0.39 is 0 Å². The Kier molecular flexibility index (Phi) is 6.95. The molecule has 0 fully saturated rings. The topological polar surface area (TPSA) is 28.2 Å². The summed E-state index contributed by atoms with van der Waals surface area (Å²) in [5, 5.41) is 3.49. The number of aromatic nitrogens is 1. The van der Waals surface area contributed by atoms with E-state index in [1.165, 1.54) is 12.3 Å². The largest absolute Gasteiger partial charge is 0.307 e. The first-order valence-electron chi connectivity index (χ1n) is 7.13. The lowest BCUT2D eigenvalue weighted by molar-refractivity contribution is 0.247. The van der Waals surface area contributed by atoms with Gasteiger partial charge in [-0.1, -0.05) is 13.8 Å². The Bertz CT molecular complexity index is 353. The van der Waals surface area contributed by atoms with Gasteiger partial charge in [0.05, 0.1) is 11.9 Å². The van der Waals surface area contributed by atoms with Crippen molar-refractivity contribution in [2.75, 3.05) is 20.1 Å². The lowest BCUT2D eigenvalue weighted by Gasteiger charge is -2.25. The summed E-state index contributed by atoms with van der Waals surface area (Å²) in [6.07, 6.45) is 3.39. The van der Waals surface area contributed by atoms with Crippen molar-refractivity contribution in [2.45, 2.75) is 45.7 Å². The minimum Gasteiger partial charge on any atom is -0.307 e. The summed E-state index contributed by atoms with van der Waals surface area (Å²) in [4.78, 5) is 6.49. The van der Waals surface area contributed by atoms with Crippen molar-refractivity contribution in [3.05, 3.63) is 29.8 Å². The number of rotatable bonds is 8. The predicted octanol–water partition coefficient (Wildman–Crippen LogP) is 2.99. The van der Waals surface area contributed by atoms with Gasteiger partial charge in [0.25, 0.3) is 0 Å². The van der Waals surface area contributed by atoms with Gasteiger partial charge in [-0.2, -0.15) is 0 Å². The third kappa shape index (κ3) is 5.25. The molecule has 1 aromatic rings. The van der Waals surface area contributed by atoms with Gasteiger partial charge >= 0.3 is 0 Å². The van der Waals surface area contributed by atoms with Gasteiger partial charge in [0.2, 0.25) is 0 Å². The number of likely N-dealkylation sites (N-methyl/N-ethyl adjacent to an activating group) is 1. The average molecular weight is 267 g/mol. The maximum Gasteiger partial charge on any atom is 0.141 e. The van der Waals surface area contributed by atoms with Crippen LogP contribution in [0.2, 0.25) is 0 Å². The zero-order chi connectivity index (χ0) is 14.3. The molecule has 0 spiro atoms. The molecule has 1 aromatic heterocycles. The zero-order valence-corrected chi connectivity index (χ0v) is 12.5. The van der Waals surface area contributed by atoms with E-state index in [0.717, 1.165) is 31.6 Å². The van der Waals surface area contributed by atoms with Crippen LogP contribution in [0.4, 0.5) is 4.39 Å². The van der Waals surface area contributed by atoms with E-state index in [2.05, 4.69) is 43.0 Å². The fourth-order valence-electron chi connectivity index (χ4n) is 2.00. The van der Waals surface area contributed by atoms with Crippen LogP contribution in [0, 0.1) is 5.82 Å². The lowest BCUT2D eigenvalue weighted by Crippen LogP contribution is -2.36. The Morgan fingerprint density at radius 2 is 2.05 bits per heavy atom. The Labute approximate surface area is 116 Å². The number of halogens is 1. The van der Waals surface area contributed by atoms with Crippen molar-refractivity contribution < 1.29 is 4.39 Å². The van der Waals surface area contributed by atoms with Crippen LogP contribution in [-0.2, 0) is 0 Å². The van der Waals surface area contributed by atoms with Crippen LogP contribution >= 0.6 is 0 Å². The van der Waals surface area contributed by atoms with Crippen LogP contribution < -0.4 is 5.32 Å². The molecule has 0 aliphatic carbocycles. The summed E-state index contributed by atoms with van der Waals surface area (Å²) < 4.78 is 12.9. The molecule has 2 atom stereocenters. The highest BCUT2D eigenvalue weighted by Crippen LogP contribution is 2.13. The van der Waals surface area contributed by atoms with Crippen molar-refractivity contribution >= 4 is 0 Å². The van der Waals surface area contributed by atoms with Gasteiger partial charge in [0.1, 0.15) is 5.82 Å². The minimum absolute atomic E-state index is 0.200. The van der Waals surface area contributed by atoms with Crippen molar-refractivity contribution in [2.24, 2.45) is 0 Å². The second-order valence-electron chi connectivity index (χ2n) is 5.05. The molecular formula is C15H26FN3. The summed E-state index contributed by atoms with van der Waals surface area (Å²) >= 11 is 0. The van der Waals surface area contributed by atoms with E-state index in [0.29, 0.717) is 6.04 Å². The van der Waals surface area contributed by atoms with E-state index in [-0.39, 0.29) is 11.9 Å². The van der Waals surface area contributed by atoms with E-state index in [9.17, 15) is 4.39 Å². The van der Waals surface area contributed by atoms with Crippen molar-refractivity contribution in [1.82, 2.24) is 15.2 Å². The third-order valence-corrected chi connectivity index (χ3v) is 3.71. The van der Waals surface area contributed by atoms with Gasteiger partial charge in [-0.05, 0) is 38.9 Å². The molecule has 0 aromatic carbocycles. The highest BCUT2D eigenvalue weighted by molar-refractivity contribution is 5.09. The molecule has 2 unspecified atom stereocenters. The molecule has 0 amide bonds. The quantitative estimate of drug-likeness (QED) is 0.785. The Hall–Kier alpha value is -1.00. The van der Waals surface area contributed by atoms with Gasteiger partial charge in [-0.3, -0.25) is 4.98 Å². The molecule has 0 saturated heterocycles. The number of hydrogen-bond acceptors (Lipinski definition) is 3. The lowest BCUT2D eigenvalue weighted by atomic mass is 10.1. The molecule has 0 saturated carbocycles. The average Bonchev–Trinajstić information content (AvgIpc) is 2.43. The summed E-state index contributed by atoms with van der Waals surface area (Å²) in [5.74, 6) is -0.282. The van der Waals surface area contributed by atoms with Gasteiger partial charge in [0, 0.05) is 25.2 Å². The molecule has 3 nitrogen and oxygen atoms in total. The van der Waals surface area contributed by atoms with Gasteiger partial charge in [-0.25, -0.2) is 4.39 Å². The number of hydrogen-bond donors (Lipinski definition) is 1. The van der Waals surface area contributed by atoms with Crippen molar-refractivity contribution in [3.8, 4) is 0 Å². The molecule has 1 heterocycles. The molecule has 0 aliphatic heterocycles. The summed E-state index contributed by atoms with van der Waals surface area (Å²) in [7, 11) is 2.15. The van der Waals surface area contributed by atoms with E-state index in [4.69, 9.17) is 0 Å². The van der Waals surface area contributed by atoms with E-state index in [1.807, 2.05) is 0 Å². The van der Waals surface area contributed by atoms with Crippen LogP contribution in [0.5, 0.6) is 0 Å². The molecule has 0 aliphatic rings. The van der Waals surface area contributed by atoms with Gasteiger partial charge in [0.15, 0.2) is 0 Å². The fraction of sp³-hybridized carbons (Fsp3) is 0.667. The third-order valence-electron chi connectivity index (χ3n) is 3.71. The van der Waals surface area contributed by atoms with Crippen LogP contribution in [0.25, 0.3) is 0 Å². The summed E-state index contributed by atoms with van der Waals surface area (Å²) in [5.41, 5.74) is 0.912. The Balaban J connectivity index is 2.43. The first-order chi connectivity index (χ1) is 9.08. The van der Waals surface area contributed by atoms with Crippen molar-refractivity contribution in [1.29, 1.82) is 0 Å². The molecule has 19 heavy (non-hydrogen) atoms. The zero-order valence-electron chi connectivity index (χ0n) is 12.5. The maximum atomic E-state index is 12.9. The maximum absolute atomic E-state index is 12.9. The molecule has 0 radical (unpaired) electrons. The number of pyridine rings is 1. The second-order valence-corrected chi connectivity index (χ2v) is 5.05. The molecule has 108 valence electrons. The van der Waals surface area contributed by atoms with Crippen LogP contribution in [-0.4, -0.2) is 36.1 Å². The normalized spacial score (nSPS) is 14.6. The molecule has 0 bridgehead atoms. The highest BCUT2D eigenvalue weighted by atomic mass is 19.1. The molecule has 1 rings (SSSR count). The smallest absolute Gasteiger partial charge is 0.141 e. The van der Waals surface area contributed by atoms with Gasteiger partial charge < -0.3 is 10.2 Å². The monoisotopic (exact) mass is 267 g/mol. The first-order valence-corrected chi connectivity index (χ1v) is 7.13. The van der Waals surface area contributed by atoms with Gasteiger partial charge in [-0.15, -0.1) is 0 Å². The van der Waals surface area contributed by atoms with Crippen LogP contribution in [0.1, 0.15) is 45.3 Å². The minimum atomic E-state index is -0.282. The summed E-state index contributed by atoms with van der Waals surface area (Å²) in [6, 6.07) is 4.03. The molecular weight excluding hydrogens is 241 g/mol. The highest BCUT2D eigenvalue weighted by Gasteiger charge is 2.11. The Morgan fingerprint density at radius 1 is 1.32 bits per heavy atom. The number of nitrogens with one attached hydrogen (secondary N) is 1. The molecule has 1 N–H and O–H groups in total.